The van der Waals surface area contributed by atoms with Gasteiger partial charge in [-0.1, -0.05) is 12.1 Å². The first-order valence-corrected chi connectivity index (χ1v) is 9.25. The summed E-state index contributed by atoms with van der Waals surface area (Å²) in [5.41, 5.74) is 2.24. The SMILES string of the molecule is COc1ccccc1N1CCN(C[C@@H](O)c2cc(C)sc2C)CC1. The van der Waals surface area contributed by atoms with E-state index in [-0.39, 0.29) is 0 Å². The molecular weight excluding hydrogens is 320 g/mol. The predicted octanol–water partition coefficient (Wildman–Crippen LogP) is 3.23. The van der Waals surface area contributed by atoms with Gasteiger partial charge in [-0.2, -0.15) is 0 Å². The number of β-amino-alcohol motifs (C(OH)–C–C–N with tert-alkyl or cyclic N) is 1. The molecule has 1 N–H and O–H groups in total. The summed E-state index contributed by atoms with van der Waals surface area (Å²) in [4.78, 5) is 7.21. The first-order chi connectivity index (χ1) is 11.6. The number of hydrogen-bond donors (Lipinski definition) is 1. The van der Waals surface area contributed by atoms with Gasteiger partial charge < -0.3 is 14.7 Å². The number of aliphatic hydroxyl groups excluding tert-OH is 1. The number of anilines is 1. The highest BCUT2D eigenvalue weighted by molar-refractivity contribution is 7.12. The maximum Gasteiger partial charge on any atom is 0.142 e. The number of piperazine rings is 1. The van der Waals surface area contributed by atoms with Crippen LogP contribution in [-0.4, -0.2) is 49.8 Å². The second-order valence-electron chi connectivity index (χ2n) is 6.34. The van der Waals surface area contributed by atoms with E-state index >= 15 is 0 Å². The summed E-state index contributed by atoms with van der Waals surface area (Å²) in [7, 11) is 1.72. The molecule has 0 unspecified atom stereocenters. The Labute approximate surface area is 148 Å². The number of ether oxygens (including phenoxy) is 1. The highest BCUT2D eigenvalue weighted by atomic mass is 32.1. The average Bonchev–Trinajstić information content (AvgIpc) is 2.94. The number of aliphatic hydroxyl groups is 1. The molecule has 0 spiro atoms. The summed E-state index contributed by atoms with van der Waals surface area (Å²) in [6.45, 7) is 8.71. The Kier molecular flexibility index (Phi) is 5.43. The third-order valence-electron chi connectivity index (χ3n) is 4.67. The van der Waals surface area contributed by atoms with Gasteiger partial charge in [0.25, 0.3) is 0 Å². The van der Waals surface area contributed by atoms with Gasteiger partial charge in [0.2, 0.25) is 0 Å². The lowest BCUT2D eigenvalue weighted by Gasteiger charge is -2.37. The van der Waals surface area contributed by atoms with E-state index in [1.54, 1.807) is 18.4 Å². The van der Waals surface area contributed by atoms with Crippen LogP contribution in [0.5, 0.6) is 5.75 Å². The number of thiophene rings is 1. The first-order valence-electron chi connectivity index (χ1n) is 8.44. The normalized spacial score (nSPS) is 17.1. The minimum absolute atomic E-state index is 0.396. The molecule has 1 aromatic heterocycles. The van der Waals surface area contributed by atoms with Gasteiger partial charge in [0.15, 0.2) is 0 Å². The largest absolute Gasteiger partial charge is 0.495 e. The van der Waals surface area contributed by atoms with Gasteiger partial charge in [0.05, 0.1) is 18.9 Å². The zero-order valence-electron chi connectivity index (χ0n) is 14.7. The van der Waals surface area contributed by atoms with E-state index < -0.39 is 6.10 Å². The molecule has 0 saturated carbocycles. The van der Waals surface area contributed by atoms with E-state index in [1.807, 2.05) is 12.1 Å². The van der Waals surface area contributed by atoms with E-state index in [4.69, 9.17) is 4.74 Å². The molecule has 3 rings (SSSR count). The topological polar surface area (TPSA) is 35.9 Å². The molecule has 1 saturated heterocycles. The predicted molar refractivity (Wildman–Crippen MR) is 100 cm³/mol. The van der Waals surface area contributed by atoms with Crippen LogP contribution in [0.2, 0.25) is 0 Å². The molecule has 0 bridgehead atoms. The molecule has 1 aliphatic heterocycles. The molecule has 24 heavy (non-hydrogen) atoms. The molecule has 1 aromatic carbocycles. The summed E-state index contributed by atoms with van der Waals surface area (Å²) in [5.74, 6) is 0.926. The Morgan fingerprint density at radius 3 is 2.50 bits per heavy atom. The Morgan fingerprint density at radius 2 is 1.88 bits per heavy atom. The van der Waals surface area contributed by atoms with E-state index in [1.165, 1.54) is 9.75 Å². The van der Waals surface area contributed by atoms with Crippen LogP contribution in [0.1, 0.15) is 21.4 Å². The second kappa shape index (κ2) is 7.55. The standard InChI is InChI=1S/C19H26N2O2S/c1-14-12-16(15(2)24-14)18(22)13-20-8-10-21(11-9-20)17-6-4-5-7-19(17)23-3/h4-7,12,18,22H,8-11,13H2,1-3H3/t18-/m1/s1. The summed E-state index contributed by atoms with van der Waals surface area (Å²) < 4.78 is 5.47. The van der Waals surface area contributed by atoms with Gasteiger partial charge in [-0.05, 0) is 37.6 Å². The summed E-state index contributed by atoms with van der Waals surface area (Å²) in [6, 6.07) is 10.3. The van der Waals surface area contributed by atoms with Crippen molar-refractivity contribution < 1.29 is 9.84 Å². The fourth-order valence-corrected chi connectivity index (χ4v) is 4.37. The van der Waals surface area contributed by atoms with Crippen molar-refractivity contribution >= 4 is 17.0 Å². The minimum atomic E-state index is -0.396. The van der Waals surface area contributed by atoms with Gasteiger partial charge in [-0.3, -0.25) is 4.90 Å². The van der Waals surface area contributed by atoms with Crippen molar-refractivity contribution in [3.63, 3.8) is 0 Å². The molecule has 2 heterocycles. The summed E-state index contributed by atoms with van der Waals surface area (Å²) >= 11 is 1.76. The van der Waals surface area contributed by atoms with Crippen LogP contribution in [0.3, 0.4) is 0 Å². The monoisotopic (exact) mass is 346 g/mol. The number of methoxy groups -OCH3 is 1. The summed E-state index contributed by atoms with van der Waals surface area (Å²) in [5, 5.41) is 10.6. The van der Waals surface area contributed by atoms with Crippen molar-refractivity contribution in [1.29, 1.82) is 0 Å². The van der Waals surface area contributed by atoms with Crippen molar-refractivity contribution in [1.82, 2.24) is 4.90 Å². The van der Waals surface area contributed by atoms with Gasteiger partial charge in [0.1, 0.15) is 5.75 Å². The highest BCUT2D eigenvalue weighted by Gasteiger charge is 2.22. The molecule has 5 heteroatoms. The number of para-hydroxylation sites is 2. The fraction of sp³-hybridized carbons (Fsp3) is 0.474. The average molecular weight is 346 g/mol. The lowest BCUT2D eigenvalue weighted by molar-refractivity contribution is 0.109. The van der Waals surface area contributed by atoms with Crippen molar-refractivity contribution in [2.24, 2.45) is 0 Å². The van der Waals surface area contributed by atoms with E-state index in [0.29, 0.717) is 6.54 Å². The Balaban J connectivity index is 1.58. The minimum Gasteiger partial charge on any atom is -0.495 e. The van der Waals surface area contributed by atoms with E-state index in [9.17, 15) is 5.11 Å². The van der Waals surface area contributed by atoms with Crippen LogP contribution in [0, 0.1) is 13.8 Å². The third-order valence-corrected chi connectivity index (χ3v) is 5.65. The number of benzene rings is 1. The molecule has 1 atom stereocenters. The van der Waals surface area contributed by atoms with Crippen LogP contribution in [0.25, 0.3) is 0 Å². The third kappa shape index (κ3) is 3.74. The molecule has 1 fully saturated rings. The smallest absolute Gasteiger partial charge is 0.142 e. The molecule has 0 aliphatic carbocycles. The van der Waals surface area contributed by atoms with Crippen molar-refractivity contribution in [2.75, 3.05) is 44.7 Å². The molecule has 2 aromatic rings. The van der Waals surface area contributed by atoms with Gasteiger partial charge in [-0.25, -0.2) is 0 Å². The van der Waals surface area contributed by atoms with Crippen molar-refractivity contribution in [3.05, 3.63) is 45.6 Å². The van der Waals surface area contributed by atoms with E-state index in [0.717, 1.165) is 43.2 Å². The number of hydrogen-bond acceptors (Lipinski definition) is 5. The lowest BCUT2D eigenvalue weighted by Crippen LogP contribution is -2.47. The highest BCUT2D eigenvalue weighted by Crippen LogP contribution is 2.30. The maximum absolute atomic E-state index is 10.6. The molecular formula is C19H26N2O2S. The first kappa shape index (κ1) is 17.3. The van der Waals surface area contributed by atoms with Crippen LogP contribution in [-0.2, 0) is 0 Å². The van der Waals surface area contributed by atoms with Crippen molar-refractivity contribution in [3.8, 4) is 5.75 Å². The summed E-state index contributed by atoms with van der Waals surface area (Å²) in [6.07, 6.45) is -0.396. The Morgan fingerprint density at radius 1 is 1.17 bits per heavy atom. The molecule has 0 amide bonds. The lowest BCUT2D eigenvalue weighted by atomic mass is 10.1. The van der Waals surface area contributed by atoms with Gasteiger partial charge in [-0.15, -0.1) is 11.3 Å². The van der Waals surface area contributed by atoms with Gasteiger partial charge >= 0.3 is 0 Å². The Bertz CT molecular complexity index is 678. The van der Waals surface area contributed by atoms with E-state index in [2.05, 4.69) is 41.8 Å². The molecule has 0 radical (unpaired) electrons. The number of nitrogens with zero attached hydrogens (tertiary/aromatic N) is 2. The van der Waals surface area contributed by atoms with Crippen molar-refractivity contribution in [2.45, 2.75) is 20.0 Å². The molecule has 4 nitrogen and oxygen atoms in total. The molecule has 130 valence electrons. The Hall–Kier alpha value is -1.56. The van der Waals surface area contributed by atoms with Crippen LogP contribution < -0.4 is 9.64 Å². The quantitative estimate of drug-likeness (QED) is 0.902. The zero-order chi connectivity index (χ0) is 17.1. The number of rotatable bonds is 5. The second-order valence-corrected chi connectivity index (χ2v) is 7.80. The maximum atomic E-state index is 10.6. The van der Waals surface area contributed by atoms with Crippen LogP contribution in [0.15, 0.2) is 30.3 Å². The molecule has 1 aliphatic rings. The fourth-order valence-electron chi connectivity index (χ4n) is 3.39. The van der Waals surface area contributed by atoms with Crippen LogP contribution in [0.4, 0.5) is 5.69 Å². The van der Waals surface area contributed by atoms with Gasteiger partial charge in [0, 0.05) is 42.5 Å². The zero-order valence-corrected chi connectivity index (χ0v) is 15.5. The van der Waals surface area contributed by atoms with Crippen LogP contribution >= 0.6 is 11.3 Å². The number of aryl methyl sites for hydroxylation is 2.